The van der Waals surface area contributed by atoms with Crippen molar-refractivity contribution in [3.8, 4) is 11.5 Å². The number of aromatic nitrogens is 1. The molecule has 1 aromatic heterocycles. The third kappa shape index (κ3) is 6.96. The van der Waals surface area contributed by atoms with Gasteiger partial charge in [-0.1, -0.05) is 0 Å². The van der Waals surface area contributed by atoms with Gasteiger partial charge in [-0.15, -0.1) is 24.0 Å². The summed E-state index contributed by atoms with van der Waals surface area (Å²) in [6, 6.07) is 6.06. The lowest BCUT2D eigenvalue weighted by Gasteiger charge is -2.34. The van der Waals surface area contributed by atoms with E-state index >= 15 is 0 Å². The van der Waals surface area contributed by atoms with Crippen LogP contribution in [-0.4, -0.2) is 47.9 Å². The summed E-state index contributed by atoms with van der Waals surface area (Å²) >= 11 is 0. The Labute approximate surface area is 193 Å². The number of hydrogen-bond acceptors (Lipinski definition) is 4. The van der Waals surface area contributed by atoms with Crippen molar-refractivity contribution >= 4 is 35.8 Å². The number of carbonyl (C=O) groups is 1. The Hall–Kier alpha value is -2.17. The lowest BCUT2D eigenvalue weighted by molar-refractivity contribution is -0.119. The Morgan fingerprint density at radius 2 is 2.17 bits per heavy atom. The smallest absolute Gasteiger partial charge is 0.226 e. The molecule has 1 fully saturated rings. The van der Waals surface area contributed by atoms with Crippen molar-refractivity contribution in [1.82, 2.24) is 15.2 Å². The second kappa shape index (κ2) is 11.9. The van der Waals surface area contributed by atoms with Crippen LogP contribution in [0.5, 0.6) is 0 Å². The Morgan fingerprint density at radius 1 is 1.40 bits per heavy atom. The fourth-order valence-corrected chi connectivity index (χ4v) is 3.56. The monoisotopic (exact) mass is 529 g/mol. The number of nitrogens with one attached hydrogen (secondary N) is 1. The summed E-state index contributed by atoms with van der Waals surface area (Å²) in [5, 5.41) is 3.33. The summed E-state index contributed by atoms with van der Waals surface area (Å²) in [4.78, 5) is 22.6. The lowest BCUT2D eigenvalue weighted by atomic mass is 9.95. The molecule has 0 radical (unpaired) electrons. The number of guanidine groups is 1. The van der Waals surface area contributed by atoms with Crippen LogP contribution in [0.2, 0.25) is 0 Å². The average Bonchev–Trinajstić information content (AvgIpc) is 3.16. The topological polar surface area (TPSA) is 96.8 Å². The van der Waals surface area contributed by atoms with E-state index in [9.17, 15) is 9.18 Å². The van der Waals surface area contributed by atoms with E-state index in [1.165, 1.54) is 12.1 Å². The third-order valence-electron chi connectivity index (χ3n) is 4.92. The molecule has 164 valence electrons. The zero-order chi connectivity index (χ0) is 20.6. The van der Waals surface area contributed by atoms with Crippen molar-refractivity contribution in [2.24, 2.45) is 16.6 Å². The number of halogens is 2. The minimum Gasteiger partial charge on any atom is -0.444 e. The van der Waals surface area contributed by atoms with Gasteiger partial charge >= 0.3 is 0 Å². The minimum atomic E-state index is -0.290. The minimum absolute atomic E-state index is 0. The van der Waals surface area contributed by atoms with Gasteiger partial charge in [-0.25, -0.2) is 9.37 Å². The first kappa shape index (κ1) is 24.1. The molecule has 1 atom stereocenters. The number of oxazole rings is 1. The number of nitrogens with zero attached hydrogens (tertiary/aromatic N) is 3. The summed E-state index contributed by atoms with van der Waals surface area (Å²) in [5.41, 5.74) is 6.90. The standard InChI is InChI=1S/C21H28FN5O2.HI/c1-2-24-21(27-11-3-4-15(13-27)12-19(23)28)25-10-9-18-14-29-20(26-18)16-5-7-17(22)8-6-16;/h5-8,14-15H,2-4,9-13H2,1H3,(H2,23,28)(H,24,25);1H. The molecule has 1 saturated heterocycles. The first-order chi connectivity index (χ1) is 14.0. The summed E-state index contributed by atoms with van der Waals surface area (Å²) in [7, 11) is 0. The van der Waals surface area contributed by atoms with Crippen molar-refractivity contribution < 1.29 is 13.6 Å². The number of aliphatic imine (C=N–C) groups is 1. The number of rotatable bonds is 7. The molecule has 1 amide bonds. The Kier molecular flexibility index (Phi) is 9.54. The number of likely N-dealkylation sites (tertiary alicyclic amines) is 1. The van der Waals surface area contributed by atoms with E-state index in [2.05, 4.69) is 15.2 Å². The van der Waals surface area contributed by atoms with Crippen LogP contribution in [0.3, 0.4) is 0 Å². The van der Waals surface area contributed by atoms with E-state index in [4.69, 9.17) is 15.1 Å². The first-order valence-corrected chi connectivity index (χ1v) is 10.1. The van der Waals surface area contributed by atoms with Crippen LogP contribution in [0.4, 0.5) is 4.39 Å². The fraction of sp³-hybridized carbons (Fsp3) is 0.476. The van der Waals surface area contributed by atoms with Crippen LogP contribution in [-0.2, 0) is 11.2 Å². The lowest BCUT2D eigenvalue weighted by Crippen LogP contribution is -2.47. The second-order valence-electron chi connectivity index (χ2n) is 7.26. The summed E-state index contributed by atoms with van der Waals surface area (Å²) < 4.78 is 18.6. The van der Waals surface area contributed by atoms with E-state index in [-0.39, 0.29) is 41.6 Å². The van der Waals surface area contributed by atoms with E-state index in [1.54, 1.807) is 18.4 Å². The molecule has 30 heavy (non-hydrogen) atoms. The van der Waals surface area contributed by atoms with Gasteiger partial charge in [0.25, 0.3) is 0 Å². The van der Waals surface area contributed by atoms with Crippen molar-refractivity contribution in [3.05, 3.63) is 42.0 Å². The number of amides is 1. The van der Waals surface area contributed by atoms with E-state index in [0.29, 0.717) is 25.3 Å². The highest BCUT2D eigenvalue weighted by molar-refractivity contribution is 14.0. The Bertz CT molecular complexity index is 840. The van der Waals surface area contributed by atoms with Crippen molar-refractivity contribution in [2.45, 2.75) is 32.6 Å². The molecule has 2 heterocycles. The largest absolute Gasteiger partial charge is 0.444 e. The molecular weight excluding hydrogens is 500 g/mol. The molecule has 1 aliphatic rings. The maximum atomic E-state index is 13.1. The fourth-order valence-electron chi connectivity index (χ4n) is 3.56. The van der Waals surface area contributed by atoms with Gasteiger partial charge in [0.15, 0.2) is 5.96 Å². The van der Waals surface area contributed by atoms with Crippen LogP contribution in [0.15, 0.2) is 39.9 Å². The number of piperidine rings is 1. The van der Waals surface area contributed by atoms with Gasteiger partial charge in [0, 0.05) is 44.6 Å². The van der Waals surface area contributed by atoms with Crippen molar-refractivity contribution in [2.75, 3.05) is 26.2 Å². The van der Waals surface area contributed by atoms with Gasteiger partial charge in [-0.2, -0.15) is 0 Å². The number of hydrogen-bond donors (Lipinski definition) is 2. The predicted molar refractivity (Wildman–Crippen MR) is 125 cm³/mol. The highest BCUT2D eigenvalue weighted by Crippen LogP contribution is 2.20. The number of benzene rings is 1. The molecule has 2 aromatic rings. The van der Waals surface area contributed by atoms with Gasteiger partial charge in [0.1, 0.15) is 12.1 Å². The molecule has 7 nitrogen and oxygen atoms in total. The number of nitrogens with two attached hydrogens (primary N) is 1. The number of carbonyl (C=O) groups excluding carboxylic acids is 1. The maximum Gasteiger partial charge on any atom is 0.226 e. The predicted octanol–water partition coefficient (Wildman–Crippen LogP) is 3.19. The molecule has 0 spiro atoms. The zero-order valence-electron chi connectivity index (χ0n) is 17.1. The van der Waals surface area contributed by atoms with Crippen molar-refractivity contribution in [3.63, 3.8) is 0 Å². The quantitative estimate of drug-likeness (QED) is 0.326. The van der Waals surface area contributed by atoms with Gasteiger partial charge in [-0.05, 0) is 49.9 Å². The number of primary amides is 1. The highest BCUT2D eigenvalue weighted by atomic mass is 127. The highest BCUT2D eigenvalue weighted by Gasteiger charge is 2.23. The zero-order valence-corrected chi connectivity index (χ0v) is 19.5. The Balaban J connectivity index is 0.00000320. The van der Waals surface area contributed by atoms with Crippen LogP contribution in [0.1, 0.15) is 31.9 Å². The molecule has 1 unspecified atom stereocenters. The summed E-state index contributed by atoms with van der Waals surface area (Å²) in [5.74, 6) is 1.06. The molecule has 1 aliphatic heterocycles. The Morgan fingerprint density at radius 3 is 2.87 bits per heavy atom. The molecule has 1 aromatic carbocycles. The van der Waals surface area contributed by atoms with E-state index < -0.39 is 0 Å². The summed E-state index contributed by atoms with van der Waals surface area (Å²) in [6.07, 6.45) is 4.71. The summed E-state index contributed by atoms with van der Waals surface area (Å²) in [6.45, 7) is 5.07. The normalized spacial score (nSPS) is 16.8. The van der Waals surface area contributed by atoms with Crippen LogP contribution >= 0.6 is 24.0 Å². The van der Waals surface area contributed by atoms with Gasteiger partial charge in [-0.3, -0.25) is 9.79 Å². The molecular formula is C21H29FIN5O2. The van der Waals surface area contributed by atoms with E-state index in [1.807, 2.05) is 6.92 Å². The van der Waals surface area contributed by atoms with E-state index in [0.717, 1.165) is 49.7 Å². The first-order valence-electron chi connectivity index (χ1n) is 10.1. The van der Waals surface area contributed by atoms with Gasteiger partial charge in [0.2, 0.25) is 11.8 Å². The van der Waals surface area contributed by atoms with Gasteiger partial charge in [0.05, 0.1) is 5.69 Å². The van der Waals surface area contributed by atoms with Gasteiger partial charge < -0.3 is 20.4 Å². The average molecular weight is 529 g/mol. The molecule has 0 aliphatic carbocycles. The molecule has 0 bridgehead atoms. The van der Waals surface area contributed by atoms with Crippen molar-refractivity contribution in [1.29, 1.82) is 0 Å². The van der Waals surface area contributed by atoms with Crippen LogP contribution in [0, 0.1) is 11.7 Å². The molecule has 3 N–H and O–H groups in total. The molecule has 0 saturated carbocycles. The van der Waals surface area contributed by atoms with Crippen LogP contribution in [0.25, 0.3) is 11.5 Å². The molecule has 9 heteroatoms. The molecule has 3 rings (SSSR count). The second-order valence-corrected chi connectivity index (χ2v) is 7.26. The third-order valence-corrected chi connectivity index (χ3v) is 4.92. The van der Waals surface area contributed by atoms with Crippen LogP contribution < -0.4 is 11.1 Å². The maximum absolute atomic E-state index is 13.1. The SMILES string of the molecule is CCNC(=NCCc1coc(-c2ccc(F)cc2)n1)N1CCCC(CC(N)=O)C1.I.